The van der Waals surface area contributed by atoms with Crippen LogP contribution in [0.1, 0.15) is 30.0 Å². The van der Waals surface area contributed by atoms with Gasteiger partial charge in [0.1, 0.15) is 24.0 Å². The topological polar surface area (TPSA) is 129 Å². The minimum atomic E-state index is -0.747. The number of nitrogens with zero attached hydrogens (tertiary/aromatic N) is 7. The highest BCUT2D eigenvalue weighted by Crippen LogP contribution is 2.23. The molecule has 0 amide bonds. The average molecular weight is 502 g/mol. The highest BCUT2D eigenvalue weighted by molar-refractivity contribution is 5.93. The number of esters is 1. The van der Waals surface area contributed by atoms with Crippen LogP contribution in [-0.2, 0) is 17.8 Å². The number of halogens is 1. The summed E-state index contributed by atoms with van der Waals surface area (Å²) in [5.74, 6) is -0.698. The predicted molar refractivity (Wildman–Crippen MR) is 130 cm³/mol. The van der Waals surface area contributed by atoms with Crippen LogP contribution in [0.2, 0.25) is 0 Å². The first-order valence-corrected chi connectivity index (χ1v) is 11.8. The van der Waals surface area contributed by atoms with Gasteiger partial charge in [0.25, 0.3) is 0 Å². The van der Waals surface area contributed by atoms with Crippen LogP contribution in [0.3, 0.4) is 0 Å². The largest absolute Gasteiger partial charge is 0.462 e. The SMILES string of the molecule is CCOC(=O)c1cn(CC)c2nc(N3CCN(CCn4c([N+](=O)[O-])cnc4C)CC3)c(F)cc2c1=O. The normalized spacial score (nSPS) is 14.4. The van der Waals surface area contributed by atoms with Gasteiger partial charge in [0.15, 0.2) is 17.5 Å². The van der Waals surface area contributed by atoms with Gasteiger partial charge in [-0.25, -0.2) is 23.7 Å². The number of carbonyl (C=O) groups is 1. The molecular weight excluding hydrogens is 473 g/mol. The van der Waals surface area contributed by atoms with Crippen molar-refractivity contribution in [1.82, 2.24) is 24.0 Å². The fourth-order valence-corrected chi connectivity index (χ4v) is 4.40. The number of carbonyl (C=O) groups excluding carboxylic acids is 1. The molecule has 4 heterocycles. The zero-order chi connectivity index (χ0) is 26.0. The van der Waals surface area contributed by atoms with E-state index >= 15 is 4.39 Å². The van der Waals surface area contributed by atoms with Crippen molar-refractivity contribution in [2.45, 2.75) is 33.9 Å². The van der Waals surface area contributed by atoms with Crippen molar-refractivity contribution in [3.63, 3.8) is 0 Å². The summed E-state index contributed by atoms with van der Waals surface area (Å²) in [6, 6.07) is 1.14. The number of ether oxygens (including phenoxy) is 1. The van der Waals surface area contributed by atoms with Crippen LogP contribution in [0.4, 0.5) is 16.0 Å². The maximum Gasteiger partial charge on any atom is 0.343 e. The van der Waals surface area contributed by atoms with E-state index in [1.165, 1.54) is 12.4 Å². The summed E-state index contributed by atoms with van der Waals surface area (Å²) in [6.07, 6.45) is 2.67. The van der Waals surface area contributed by atoms with Gasteiger partial charge in [-0.15, -0.1) is 0 Å². The van der Waals surface area contributed by atoms with Crippen LogP contribution < -0.4 is 10.3 Å². The van der Waals surface area contributed by atoms with E-state index in [0.717, 1.165) is 6.07 Å². The number of rotatable bonds is 8. The lowest BCUT2D eigenvalue weighted by molar-refractivity contribution is -0.392. The zero-order valence-corrected chi connectivity index (χ0v) is 20.4. The predicted octanol–water partition coefficient (Wildman–Crippen LogP) is 1.97. The van der Waals surface area contributed by atoms with Gasteiger partial charge in [-0.1, -0.05) is 0 Å². The standard InChI is InChI=1S/C23H28FN7O5/c1-4-28-14-17(23(33)36-5-2)20(32)16-12-18(24)22(26-21(16)28)29-9-6-27(7-10-29)8-11-30-15(3)25-13-19(30)31(34)35/h12-14H,4-11H2,1-3H3. The number of piperazine rings is 1. The molecule has 4 rings (SSSR count). The van der Waals surface area contributed by atoms with E-state index in [1.807, 2.05) is 11.8 Å². The second-order valence-corrected chi connectivity index (χ2v) is 8.44. The molecule has 1 fully saturated rings. The Labute approximate surface area is 206 Å². The number of fused-ring (bicyclic) bond motifs is 1. The van der Waals surface area contributed by atoms with Crippen LogP contribution in [0.25, 0.3) is 11.0 Å². The molecule has 0 spiro atoms. The number of aryl methyl sites for hydroxylation is 2. The van der Waals surface area contributed by atoms with Gasteiger partial charge in [-0.3, -0.25) is 9.69 Å². The van der Waals surface area contributed by atoms with Crippen molar-refractivity contribution in [2.75, 3.05) is 44.2 Å². The van der Waals surface area contributed by atoms with Crippen molar-refractivity contribution in [1.29, 1.82) is 0 Å². The Balaban J connectivity index is 1.52. The number of anilines is 1. The number of hydrogen-bond donors (Lipinski definition) is 0. The van der Waals surface area contributed by atoms with E-state index < -0.39 is 22.1 Å². The molecule has 3 aromatic heterocycles. The van der Waals surface area contributed by atoms with Crippen molar-refractivity contribution >= 4 is 28.6 Å². The third kappa shape index (κ3) is 4.78. The fourth-order valence-electron chi connectivity index (χ4n) is 4.40. The second-order valence-electron chi connectivity index (χ2n) is 8.44. The zero-order valence-electron chi connectivity index (χ0n) is 20.4. The average Bonchev–Trinajstić information content (AvgIpc) is 3.24. The van der Waals surface area contributed by atoms with Crippen molar-refractivity contribution in [3.8, 4) is 0 Å². The van der Waals surface area contributed by atoms with Crippen molar-refractivity contribution in [3.05, 3.63) is 56.0 Å². The summed E-state index contributed by atoms with van der Waals surface area (Å²) in [5.41, 5.74) is -0.459. The Morgan fingerprint density at radius 2 is 1.94 bits per heavy atom. The first-order valence-electron chi connectivity index (χ1n) is 11.8. The third-order valence-electron chi connectivity index (χ3n) is 6.35. The number of pyridine rings is 2. The summed E-state index contributed by atoms with van der Waals surface area (Å²) >= 11 is 0. The number of nitro groups is 1. The summed E-state index contributed by atoms with van der Waals surface area (Å²) in [4.78, 5) is 48.3. The van der Waals surface area contributed by atoms with E-state index in [4.69, 9.17) is 4.74 Å². The van der Waals surface area contributed by atoms with E-state index in [1.54, 1.807) is 23.0 Å². The first kappa shape index (κ1) is 25.2. The molecule has 192 valence electrons. The van der Waals surface area contributed by atoms with Crippen LogP contribution in [0, 0.1) is 22.9 Å². The maximum absolute atomic E-state index is 15.1. The summed E-state index contributed by atoms with van der Waals surface area (Å²) in [5, 5.41) is 11.2. The van der Waals surface area contributed by atoms with Gasteiger partial charge in [0, 0.05) is 52.4 Å². The first-order chi connectivity index (χ1) is 17.2. The molecule has 12 nitrogen and oxygen atoms in total. The molecule has 13 heteroatoms. The summed E-state index contributed by atoms with van der Waals surface area (Å²) < 4.78 is 23.3. The van der Waals surface area contributed by atoms with Gasteiger partial charge < -0.3 is 24.3 Å². The Morgan fingerprint density at radius 3 is 2.58 bits per heavy atom. The Kier molecular flexibility index (Phi) is 7.29. The van der Waals surface area contributed by atoms with Crippen LogP contribution in [0.15, 0.2) is 23.3 Å². The monoisotopic (exact) mass is 501 g/mol. The lowest BCUT2D eigenvalue weighted by atomic mass is 10.1. The molecule has 0 atom stereocenters. The van der Waals surface area contributed by atoms with Crippen LogP contribution in [0.5, 0.6) is 0 Å². The lowest BCUT2D eigenvalue weighted by Gasteiger charge is -2.35. The second kappa shape index (κ2) is 10.4. The van der Waals surface area contributed by atoms with E-state index in [0.29, 0.717) is 57.3 Å². The van der Waals surface area contributed by atoms with Crippen molar-refractivity contribution < 1.29 is 18.8 Å². The molecule has 0 unspecified atom stereocenters. The van der Waals surface area contributed by atoms with Crippen LogP contribution in [-0.4, -0.2) is 74.2 Å². The highest BCUT2D eigenvalue weighted by atomic mass is 19.1. The number of hydrogen-bond acceptors (Lipinski definition) is 9. The molecule has 3 aromatic rings. The lowest BCUT2D eigenvalue weighted by Crippen LogP contribution is -2.47. The van der Waals surface area contributed by atoms with Gasteiger partial charge >= 0.3 is 11.8 Å². The van der Waals surface area contributed by atoms with E-state index in [9.17, 15) is 19.7 Å². The van der Waals surface area contributed by atoms with Gasteiger partial charge in [-0.2, -0.15) is 0 Å². The van der Waals surface area contributed by atoms with E-state index in [2.05, 4.69) is 14.9 Å². The van der Waals surface area contributed by atoms with Crippen molar-refractivity contribution in [2.24, 2.45) is 0 Å². The van der Waals surface area contributed by atoms with Gasteiger partial charge in [0.2, 0.25) is 5.43 Å². The molecular formula is C23H28FN7O5. The molecule has 1 aliphatic heterocycles. The minimum Gasteiger partial charge on any atom is -0.462 e. The maximum atomic E-state index is 15.1. The molecule has 0 saturated carbocycles. The molecule has 0 N–H and O–H groups in total. The molecule has 0 radical (unpaired) electrons. The molecule has 0 bridgehead atoms. The smallest absolute Gasteiger partial charge is 0.343 e. The Hall–Kier alpha value is -3.87. The summed E-state index contributed by atoms with van der Waals surface area (Å²) in [6.45, 7) is 9.00. The van der Waals surface area contributed by atoms with Gasteiger partial charge in [-0.05, 0) is 24.8 Å². The third-order valence-corrected chi connectivity index (χ3v) is 6.35. The summed E-state index contributed by atoms with van der Waals surface area (Å²) in [7, 11) is 0. The minimum absolute atomic E-state index is 0.0274. The van der Waals surface area contributed by atoms with Gasteiger partial charge in [0.05, 0.1) is 12.0 Å². The molecule has 0 aromatic carbocycles. The molecule has 1 aliphatic rings. The number of aromatic nitrogens is 4. The fraction of sp³-hybridized carbons (Fsp3) is 0.478. The number of imidazole rings is 1. The van der Waals surface area contributed by atoms with Crippen LogP contribution >= 0.6 is 0 Å². The molecule has 0 aliphatic carbocycles. The Bertz CT molecular complexity index is 1360. The highest BCUT2D eigenvalue weighted by Gasteiger charge is 2.25. The van der Waals surface area contributed by atoms with E-state index in [-0.39, 0.29) is 29.2 Å². The molecule has 36 heavy (non-hydrogen) atoms. The molecule has 1 saturated heterocycles. The Morgan fingerprint density at radius 1 is 1.22 bits per heavy atom. The quantitative estimate of drug-likeness (QED) is 0.258.